The molecule has 1 aromatic carbocycles. The van der Waals surface area contributed by atoms with Crippen molar-refractivity contribution in [3.63, 3.8) is 0 Å². The summed E-state index contributed by atoms with van der Waals surface area (Å²) < 4.78 is 5.55. The summed E-state index contributed by atoms with van der Waals surface area (Å²) in [6, 6.07) is 9.16. The Bertz CT molecular complexity index is 373. The molecule has 0 spiro atoms. The van der Waals surface area contributed by atoms with Crippen molar-refractivity contribution in [3.8, 4) is 0 Å². The molecule has 2 rings (SSSR count). The number of anilines is 1. The Kier molecular flexibility index (Phi) is 5.67. The number of nitrogens with one attached hydrogen (secondary N) is 1. The van der Waals surface area contributed by atoms with E-state index in [0.717, 1.165) is 39.3 Å². The molecule has 1 N–H and O–H groups in total. The first-order chi connectivity index (χ1) is 9.33. The molecule has 1 heterocycles. The summed E-state index contributed by atoms with van der Waals surface area (Å²) >= 11 is 0. The van der Waals surface area contributed by atoms with E-state index in [2.05, 4.69) is 48.3 Å². The molecule has 106 valence electrons. The zero-order valence-corrected chi connectivity index (χ0v) is 12.2. The van der Waals surface area contributed by atoms with Gasteiger partial charge in [0.05, 0.1) is 6.61 Å². The largest absolute Gasteiger partial charge is 0.380 e. The fourth-order valence-corrected chi connectivity index (χ4v) is 2.60. The second-order valence-corrected chi connectivity index (χ2v) is 5.19. The Morgan fingerprint density at radius 1 is 1.26 bits per heavy atom. The fourth-order valence-electron chi connectivity index (χ4n) is 2.60. The lowest BCUT2D eigenvalue weighted by atomic mass is 10.0. The van der Waals surface area contributed by atoms with Crippen LogP contribution in [0.1, 0.15) is 38.3 Å². The van der Waals surface area contributed by atoms with Crippen LogP contribution in [0.15, 0.2) is 24.3 Å². The standard InChI is InChI=1S/C16H26N2O/c1-3-9-17-14(2)15-7-4-5-8-16(15)18-10-6-12-19-13-11-18/h4-5,7-8,14,17H,3,6,9-13H2,1-2H3. The highest BCUT2D eigenvalue weighted by Gasteiger charge is 2.16. The average molecular weight is 262 g/mol. The first-order valence-electron chi connectivity index (χ1n) is 7.48. The summed E-state index contributed by atoms with van der Waals surface area (Å²) in [4.78, 5) is 2.46. The molecule has 0 aromatic heterocycles. The molecule has 19 heavy (non-hydrogen) atoms. The van der Waals surface area contributed by atoms with Gasteiger partial charge in [0, 0.05) is 31.4 Å². The minimum atomic E-state index is 0.403. The van der Waals surface area contributed by atoms with Crippen molar-refractivity contribution >= 4 is 5.69 Å². The van der Waals surface area contributed by atoms with Crippen LogP contribution >= 0.6 is 0 Å². The molecule has 0 aliphatic carbocycles. The van der Waals surface area contributed by atoms with Crippen LogP contribution in [-0.2, 0) is 4.74 Å². The Morgan fingerprint density at radius 2 is 2.11 bits per heavy atom. The van der Waals surface area contributed by atoms with Gasteiger partial charge in [0.15, 0.2) is 0 Å². The van der Waals surface area contributed by atoms with Gasteiger partial charge in [-0.05, 0) is 37.9 Å². The monoisotopic (exact) mass is 262 g/mol. The van der Waals surface area contributed by atoms with Crippen molar-refractivity contribution in [2.45, 2.75) is 32.7 Å². The summed E-state index contributed by atoms with van der Waals surface area (Å²) in [7, 11) is 0. The number of para-hydroxylation sites is 1. The lowest BCUT2D eigenvalue weighted by Gasteiger charge is -2.27. The van der Waals surface area contributed by atoms with Gasteiger partial charge >= 0.3 is 0 Å². The van der Waals surface area contributed by atoms with Crippen molar-refractivity contribution in [1.82, 2.24) is 5.32 Å². The number of benzene rings is 1. The molecule has 0 amide bonds. The van der Waals surface area contributed by atoms with E-state index in [1.807, 2.05) is 0 Å². The quantitative estimate of drug-likeness (QED) is 0.883. The van der Waals surface area contributed by atoms with Gasteiger partial charge in [-0.1, -0.05) is 25.1 Å². The molecule has 1 aliphatic heterocycles. The van der Waals surface area contributed by atoms with Crippen LogP contribution in [0.5, 0.6) is 0 Å². The fraction of sp³-hybridized carbons (Fsp3) is 0.625. The van der Waals surface area contributed by atoms with E-state index in [1.165, 1.54) is 17.7 Å². The third kappa shape index (κ3) is 3.95. The van der Waals surface area contributed by atoms with Gasteiger partial charge in [0.2, 0.25) is 0 Å². The maximum Gasteiger partial charge on any atom is 0.0641 e. The van der Waals surface area contributed by atoms with Gasteiger partial charge in [-0.3, -0.25) is 0 Å². The van der Waals surface area contributed by atoms with Crippen LogP contribution in [0.4, 0.5) is 5.69 Å². The summed E-state index contributed by atoms with van der Waals surface area (Å²) in [6.45, 7) is 9.35. The van der Waals surface area contributed by atoms with Gasteiger partial charge in [-0.25, -0.2) is 0 Å². The second-order valence-electron chi connectivity index (χ2n) is 5.19. The molecule has 3 heteroatoms. The van der Waals surface area contributed by atoms with Crippen molar-refractivity contribution in [3.05, 3.63) is 29.8 Å². The number of rotatable bonds is 5. The normalized spacial score (nSPS) is 18.1. The van der Waals surface area contributed by atoms with E-state index >= 15 is 0 Å². The zero-order valence-electron chi connectivity index (χ0n) is 12.2. The molecule has 0 radical (unpaired) electrons. The van der Waals surface area contributed by atoms with Gasteiger partial charge in [0.1, 0.15) is 0 Å². The predicted molar refractivity (Wildman–Crippen MR) is 80.8 cm³/mol. The molecule has 0 saturated carbocycles. The van der Waals surface area contributed by atoms with Crippen molar-refractivity contribution in [2.75, 3.05) is 37.7 Å². The van der Waals surface area contributed by atoms with Crippen molar-refractivity contribution in [2.24, 2.45) is 0 Å². The molecule has 3 nitrogen and oxygen atoms in total. The maximum absolute atomic E-state index is 5.55. The summed E-state index contributed by atoms with van der Waals surface area (Å²) in [6.07, 6.45) is 2.29. The zero-order chi connectivity index (χ0) is 13.5. The van der Waals surface area contributed by atoms with Crippen molar-refractivity contribution < 1.29 is 4.74 Å². The second kappa shape index (κ2) is 7.51. The van der Waals surface area contributed by atoms with Gasteiger partial charge in [0.25, 0.3) is 0 Å². The van der Waals surface area contributed by atoms with Crippen LogP contribution in [0.25, 0.3) is 0 Å². The molecule has 1 aliphatic rings. The topological polar surface area (TPSA) is 24.5 Å². The van der Waals surface area contributed by atoms with Crippen LogP contribution in [-0.4, -0.2) is 32.8 Å². The summed E-state index contributed by atoms with van der Waals surface area (Å²) in [5, 5.41) is 3.59. The summed E-state index contributed by atoms with van der Waals surface area (Å²) in [5.74, 6) is 0. The molecule has 1 unspecified atom stereocenters. The van der Waals surface area contributed by atoms with E-state index in [4.69, 9.17) is 4.74 Å². The number of nitrogens with zero attached hydrogens (tertiary/aromatic N) is 1. The summed E-state index contributed by atoms with van der Waals surface area (Å²) in [5.41, 5.74) is 2.77. The molecule has 1 aromatic rings. The number of ether oxygens (including phenoxy) is 1. The minimum absolute atomic E-state index is 0.403. The van der Waals surface area contributed by atoms with Gasteiger partial charge in [-0.15, -0.1) is 0 Å². The highest BCUT2D eigenvalue weighted by Crippen LogP contribution is 2.26. The van der Waals surface area contributed by atoms with Crippen LogP contribution in [0, 0.1) is 0 Å². The van der Waals surface area contributed by atoms with E-state index in [-0.39, 0.29) is 0 Å². The lowest BCUT2D eigenvalue weighted by Crippen LogP contribution is -2.29. The average Bonchev–Trinajstić information content (AvgIpc) is 2.73. The smallest absolute Gasteiger partial charge is 0.0641 e. The predicted octanol–water partition coefficient (Wildman–Crippen LogP) is 2.97. The van der Waals surface area contributed by atoms with E-state index in [9.17, 15) is 0 Å². The Balaban J connectivity index is 2.14. The van der Waals surface area contributed by atoms with Crippen LogP contribution in [0.3, 0.4) is 0 Å². The third-order valence-corrected chi connectivity index (χ3v) is 3.67. The molecule has 1 fully saturated rings. The third-order valence-electron chi connectivity index (χ3n) is 3.67. The Labute approximate surface area is 116 Å². The van der Waals surface area contributed by atoms with E-state index in [0.29, 0.717) is 6.04 Å². The van der Waals surface area contributed by atoms with Gasteiger partial charge < -0.3 is 15.0 Å². The van der Waals surface area contributed by atoms with E-state index in [1.54, 1.807) is 0 Å². The van der Waals surface area contributed by atoms with Crippen LogP contribution in [0.2, 0.25) is 0 Å². The number of hydrogen-bond donors (Lipinski definition) is 1. The highest BCUT2D eigenvalue weighted by molar-refractivity contribution is 5.55. The Morgan fingerprint density at radius 3 is 2.95 bits per heavy atom. The first-order valence-corrected chi connectivity index (χ1v) is 7.48. The molecule has 1 saturated heterocycles. The molecular formula is C16H26N2O. The maximum atomic E-state index is 5.55. The molecular weight excluding hydrogens is 236 g/mol. The van der Waals surface area contributed by atoms with Crippen molar-refractivity contribution in [1.29, 1.82) is 0 Å². The van der Waals surface area contributed by atoms with Gasteiger partial charge in [-0.2, -0.15) is 0 Å². The first kappa shape index (κ1) is 14.4. The lowest BCUT2D eigenvalue weighted by molar-refractivity contribution is 0.152. The molecule has 0 bridgehead atoms. The molecule has 1 atom stereocenters. The highest BCUT2D eigenvalue weighted by atomic mass is 16.5. The Hall–Kier alpha value is -1.06. The van der Waals surface area contributed by atoms with Crippen LogP contribution < -0.4 is 10.2 Å². The van der Waals surface area contributed by atoms with E-state index < -0.39 is 0 Å². The SMILES string of the molecule is CCCNC(C)c1ccccc1N1CCCOCC1. The number of hydrogen-bond acceptors (Lipinski definition) is 3. The minimum Gasteiger partial charge on any atom is -0.380 e.